The van der Waals surface area contributed by atoms with Crippen LogP contribution in [0.15, 0.2) is 42.5 Å². The summed E-state index contributed by atoms with van der Waals surface area (Å²) in [5.74, 6) is 0.179. The van der Waals surface area contributed by atoms with E-state index in [0.717, 1.165) is 12.8 Å². The van der Waals surface area contributed by atoms with Crippen LogP contribution < -0.4 is 10.1 Å². The molecular formula is C21H25ClN2O3. The van der Waals surface area contributed by atoms with Crippen molar-refractivity contribution in [2.24, 2.45) is 0 Å². The summed E-state index contributed by atoms with van der Waals surface area (Å²) in [5, 5.41) is 3.20. The predicted molar refractivity (Wildman–Crippen MR) is 109 cm³/mol. The summed E-state index contributed by atoms with van der Waals surface area (Å²) in [4.78, 5) is 27.1. The Hall–Kier alpha value is -2.53. The minimum Gasteiger partial charge on any atom is -0.495 e. The second-order valence-corrected chi connectivity index (χ2v) is 6.58. The molecule has 0 aliphatic rings. The van der Waals surface area contributed by atoms with E-state index >= 15 is 0 Å². The molecule has 2 aromatic carbocycles. The lowest BCUT2D eigenvalue weighted by atomic mass is 10.1. The Kier molecular flexibility index (Phi) is 7.67. The summed E-state index contributed by atoms with van der Waals surface area (Å²) in [7, 11) is 1.53. The largest absolute Gasteiger partial charge is 0.495 e. The van der Waals surface area contributed by atoms with Gasteiger partial charge in [-0.1, -0.05) is 31.5 Å². The van der Waals surface area contributed by atoms with Crippen molar-refractivity contribution in [2.75, 3.05) is 25.5 Å². The van der Waals surface area contributed by atoms with E-state index < -0.39 is 0 Å². The monoisotopic (exact) mass is 388 g/mol. The van der Waals surface area contributed by atoms with Crippen LogP contribution in [0.2, 0.25) is 5.02 Å². The number of nitrogens with zero attached hydrogens (tertiary/aromatic N) is 1. The Bertz CT molecular complexity index is 802. The third kappa shape index (κ3) is 5.47. The van der Waals surface area contributed by atoms with Crippen LogP contribution in [-0.4, -0.2) is 36.9 Å². The molecule has 0 saturated carbocycles. The van der Waals surface area contributed by atoms with Crippen molar-refractivity contribution in [1.82, 2.24) is 4.90 Å². The standard InChI is InChI=1S/C21H25ClN2O3/c1-4-11-24(12-5-2)21(26)16-8-6-7-15(13-16)20(25)23-17-9-10-19(27-3)18(22)14-17/h6-10,13-14H,4-5,11-12H2,1-3H3,(H,23,25). The van der Waals surface area contributed by atoms with Gasteiger partial charge in [-0.25, -0.2) is 0 Å². The lowest BCUT2D eigenvalue weighted by Crippen LogP contribution is -2.32. The number of hydrogen-bond acceptors (Lipinski definition) is 3. The highest BCUT2D eigenvalue weighted by molar-refractivity contribution is 6.32. The minimum absolute atomic E-state index is 0.0548. The van der Waals surface area contributed by atoms with Crippen LogP contribution in [0.1, 0.15) is 47.4 Å². The van der Waals surface area contributed by atoms with Gasteiger partial charge in [0.05, 0.1) is 12.1 Å². The highest BCUT2D eigenvalue weighted by Crippen LogP contribution is 2.27. The molecule has 0 atom stereocenters. The fourth-order valence-corrected chi connectivity index (χ4v) is 3.04. The molecule has 0 aliphatic heterocycles. The average Bonchev–Trinajstić information content (AvgIpc) is 2.67. The number of carbonyl (C=O) groups is 2. The number of carbonyl (C=O) groups excluding carboxylic acids is 2. The molecule has 144 valence electrons. The van der Waals surface area contributed by atoms with Gasteiger partial charge < -0.3 is 15.0 Å². The highest BCUT2D eigenvalue weighted by atomic mass is 35.5. The second kappa shape index (κ2) is 9.97. The first-order valence-corrected chi connectivity index (χ1v) is 9.42. The van der Waals surface area contributed by atoms with E-state index in [1.807, 2.05) is 18.7 Å². The number of nitrogens with one attached hydrogen (secondary N) is 1. The summed E-state index contributed by atoms with van der Waals surface area (Å²) >= 11 is 6.09. The van der Waals surface area contributed by atoms with Gasteiger partial charge in [0, 0.05) is 29.9 Å². The fraction of sp³-hybridized carbons (Fsp3) is 0.333. The molecule has 1 N–H and O–H groups in total. The number of rotatable bonds is 8. The van der Waals surface area contributed by atoms with E-state index in [0.29, 0.717) is 40.7 Å². The van der Waals surface area contributed by atoms with Gasteiger partial charge in [-0.15, -0.1) is 0 Å². The van der Waals surface area contributed by atoms with Gasteiger partial charge in [-0.05, 0) is 49.2 Å². The van der Waals surface area contributed by atoms with E-state index in [-0.39, 0.29) is 11.8 Å². The molecule has 0 spiro atoms. The topological polar surface area (TPSA) is 58.6 Å². The third-order valence-electron chi connectivity index (χ3n) is 4.06. The van der Waals surface area contributed by atoms with E-state index in [1.54, 1.807) is 42.5 Å². The van der Waals surface area contributed by atoms with Crippen molar-refractivity contribution < 1.29 is 14.3 Å². The van der Waals surface area contributed by atoms with Crippen LogP contribution in [0.3, 0.4) is 0 Å². The number of methoxy groups -OCH3 is 1. The van der Waals surface area contributed by atoms with Crippen molar-refractivity contribution in [2.45, 2.75) is 26.7 Å². The van der Waals surface area contributed by atoms with E-state index in [2.05, 4.69) is 5.32 Å². The molecule has 27 heavy (non-hydrogen) atoms. The van der Waals surface area contributed by atoms with Gasteiger partial charge in [0.15, 0.2) is 0 Å². The zero-order valence-corrected chi connectivity index (χ0v) is 16.7. The van der Waals surface area contributed by atoms with Gasteiger partial charge in [-0.2, -0.15) is 0 Å². The molecule has 2 rings (SSSR count). The smallest absolute Gasteiger partial charge is 0.255 e. The fourth-order valence-electron chi connectivity index (χ4n) is 2.78. The number of hydrogen-bond donors (Lipinski definition) is 1. The number of amides is 2. The molecule has 0 radical (unpaired) electrons. The van der Waals surface area contributed by atoms with Crippen LogP contribution in [-0.2, 0) is 0 Å². The van der Waals surface area contributed by atoms with Gasteiger partial charge in [0.2, 0.25) is 0 Å². The maximum atomic E-state index is 12.7. The zero-order valence-electron chi connectivity index (χ0n) is 15.9. The normalized spacial score (nSPS) is 10.4. The summed E-state index contributed by atoms with van der Waals surface area (Å²) in [6.45, 7) is 5.49. The van der Waals surface area contributed by atoms with Gasteiger partial charge >= 0.3 is 0 Å². The Morgan fingerprint density at radius 3 is 2.30 bits per heavy atom. The quantitative estimate of drug-likeness (QED) is 0.702. The summed E-state index contributed by atoms with van der Waals surface area (Å²) in [5.41, 5.74) is 1.49. The van der Waals surface area contributed by atoms with Crippen LogP contribution >= 0.6 is 11.6 Å². The first-order chi connectivity index (χ1) is 13.0. The summed E-state index contributed by atoms with van der Waals surface area (Å²) in [6, 6.07) is 11.8. The van der Waals surface area contributed by atoms with Crippen molar-refractivity contribution in [3.63, 3.8) is 0 Å². The van der Waals surface area contributed by atoms with Crippen molar-refractivity contribution in [3.8, 4) is 5.75 Å². The Labute approximate surface area is 165 Å². The van der Waals surface area contributed by atoms with Crippen LogP contribution in [0, 0.1) is 0 Å². The minimum atomic E-state index is -0.302. The highest BCUT2D eigenvalue weighted by Gasteiger charge is 2.16. The molecule has 0 bridgehead atoms. The molecule has 0 unspecified atom stereocenters. The van der Waals surface area contributed by atoms with Crippen LogP contribution in [0.25, 0.3) is 0 Å². The maximum absolute atomic E-state index is 12.7. The SMILES string of the molecule is CCCN(CCC)C(=O)c1cccc(C(=O)Nc2ccc(OC)c(Cl)c2)c1. The van der Waals surface area contributed by atoms with Gasteiger partial charge in [0.25, 0.3) is 11.8 Å². The van der Waals surface area contributed by atoms with E-state index in [9.17, 15) is 9.59 Å². The lowest BCUT2D eigenvalue weighted by molar-refractivity contribution is 0.0755. The predicted octanol–water partition coefficient (Wildman–Crippen LogP) is 4.86. The first kappa shape index (κ1) is 20.8. The maximum Gasteiger partial charge on any atom is 0.255 e. The Balaban J connectivity index is 2.17. The molecule has 0 fully saturated rings. The van der Waals surface area contributed by atoms with Crippen LogP contribution in [0.4, 0.5) is 5.69 Å². The van der Waals surface area contributed by atoms with Gasteiger partial charge in [0.1, 0.15) is 5.75 Å². The van der Waals surface area contributed by atoms with Crippen molar-refractivity contribution in [1.29, 1.82) is 0 Å². The molecule has 0 saturated heterocycles. The number of halogens is 1. The molecular weight excluding hydrogens is 364 g/mol. The molecule has 0 heterocycles. The van der Waals surface area contributed by atoms with E-state index in [4.69, 9.17) is 16.3 Å². The second-order valence-electron chi connectivity index (χ2n) is 6.18. The summed E-state index contributed by atoms with van der Waals surface area (Å²) in [6.07, 6.45) is 1.79. The molecule has 2 amide bonds. The number of anilines is 1. The number of ether oxygens (including phenoxy) is 1. The molecule has 2 aromatic rings. The first-order valence-electron chi connectivity index (χ1n) is 9.04. The molecule has 6 heteroatoms. The number of benzene rings is 2. The molecule has 0 aliphatic carbocycles. The molecule has 5 nitrogen and oxygen atoms in total. The lowest BCUT2D eigenvalue weighted by Gasteiger charge is -2.21. The van der Waals surface area contributed by atoms with Crippen LogP contribution in [0.5, 0.6) is 5.75 Å². The third-order valence-corrected chi connectivity index (χ3v) is 4.35. The Morgan fingerprint density at radius 2 is 1.70 bits per heavy atom. The zero-order chi connectivity index (χ0) is 19.8. The molecule has 0 aromatic heterocycles. The Morgan fingerprint density at radius 1 is 1.04 bits per heavy atom. The average molecular weight is 389 g/mol. The van der Waals surface area contributed by atoms with Crippen molar-refractivity contribution in [3.05, 3.63) is 58.6 Å². The summed E-state index contributed by atoms with van der Waals surface area (Å²) < 4.78 is 5.11. The van der Waals surface area contributed by atoms with E-state index in [1.165, 1.54) is 7.11 Å². The van der Waals surface area contributed by atoms with Gasteiger partial charge in [-0.3, -0.25) is 9.59 Å². The van der Waals surface area contributed by atoms with Crippen molar-refractivity contribution >= 4 is 29.1 Å².